The number of hydrogen-bond donors (Lipinski definition) is 1. The fraction of sp³-hybridized carbons (Fsp3) is 0.571. The predicted octanol–water partition coefficient (Wildman–Crippen LogP) is 1.75. The van der Waals surface area contributed by atoms with E-state index in [0.29, 0.717) is 6.04 Å². The molecule has 1 aromatic carbocycles. The first-order valence-corrected chi connectivity index (χ1v) is 6.26. The summed E-state index contributed by atoms with van der Waals surface area (Å²) >= 11 is 0. The third-order valence-electron chi connectivity index (χ3n) is 4.01. The minimum absolute atomic E-state index is 0.658. The summed E-state index contributed by atoms with van der Waals surface area (Å²) in [5.41, 5.74) is 4.78. The van der Waals surface area contributed by atoms with Crippen LogP contribution in [0.3, 0.4) is 0 Å². The fourth-order valence-electron chi connectivity index (χ4n) is 2.86. The third kappa shape index (κ3) is 1.76. The van der Waals surface area contributed by atoms with Gasteiger partial charge in [0.05, 0.1) is 0 Å². The van der Waals surface area contributed by atoms with Gasteiger partial charge in [0, 0.05) is 18.6 Å². The number of rotatable bonds is 2. The van der Waals surface area contributed by atoms with Crippen LogP contribution >= 0.6 is 0 Å². The van der Waals surface area contributed by atoms with E-state index < -0.39 is 0 Å². The zero-order valence-electron chi connectivity index (χ0n) is 10.2. The normalized spacial score (nSPS) is 27.9. The molecule has 1 aliphatic carbocycles. The van der Waals surface area contributed by atoms with E-state index in [1.54, 1.807) is 16.7 Å². The van der Waals surface area contributed by atoms with E-state index in [-0.39, 0.29) is 0 Å². The third-order valence-corrected chi connectivity index (χ3v) is 4.01. The molecule has 2 heteroatoms. The average molecular weight is 216 g/mol. The number of benzene rings is 1. The smallest absolute Gasteiger partial charge is 0.0450 e. The van der Waals surface area contributed by atoms with Gasteiger partial charge >= 0.3 is 0 Å². The maximum Gasteiger partial charge on any atom is 0.0450 e. The standard InChI is InChI=1S/C14H20N2/c1-16(2)11-6-7-12-10(8-11)4-3-5-13(12)14-9-15-14/h3-5,11,14-15H,6-9H2,1-2H3. The van der Waals surface area contributed by atoms with Gasteiger partial charge in [-0.25, -0.2) is 0 Å². The highest BCUT2D eigenvalue weighted by molar-refractivity contribution is 5.41. The summed E-state index contributed by atoms with van der Waals surface area (Å²) < 4.78 is 0. The van der Waals surface area contributed by atoms with E-state index in [1.165, 1.54) is 25.8 Å². The number of likely N-dealkylation sites (N-methyl/N-ethyl adjacent to an activating group) is 1. The lowest BCUT2D eigenvalue weighted by atomic mass is 9.84. The maximum absolute atomic E-state index is 3.42. The van der Waals surface area contributed by atoms with Crippen molar-refractivity contribution in [3.63, 3.8) is 0 Å². The number of nitrogens with zero attached hydrogens (tertiary/aromatic N) is 1. The van der Waals surface area contributed by atoms with Crippen LogP contribution in [0.1, 0.15) is 29.2 Å². The molecule has 86 valence electrons. The summed E-state index contributed by atoms with van der Waals surface area (Å²) in [6, 6.07) is 8.24. The van der Waals surface area contributed by atoms with Gasteiger partial charge < -0.3 is 10.2 Å². The van der Waals surface area contributed by atoms with Crippen LogP contribution in [0.15, 0.2) is 18.2 Å². The van der Waals surface area contributed by atoms with Gasteiger partial charge in [-0.2, -0.15) is 0 Å². The molecule has 0 spiro atoms. The van der Waals surface area contributed by atoms with E-state index in [9.17, 15) is 0 Å². The van der Waals surface area contributed by atoms with Crippen LogP contribution in [0.25, 0.3) is 0 Å². The average Bonchev–Trinajstić information content (AvgIpc) is 3.11. The van der Waals surface area contributed by atoms with E-state index in [0.717, 1.165) is 6.04 Å². The first-order chi connectivity index (χ1) is 7.75. The Bertz CT molecular complexity index is 394. The van der Waals surface area contributed by atoms with Crippen molar-refractivity contribution in [2.24, 2.45) is 0 Å². The van der Waals surface area contributed by atoms with Gasteiger partial charge in [-0.3, -0.25) is 0 Å². The van der Waals surface area contributed by atoms with Crippen molar-refractivity contribution in [3.8, 4) is 0 Å². The Balaban J connectivity index is 1.91. The topological polar surface area (TPSA) is 25.2 Å². The molecule has 0 aromatic heterocycles. The molecule has 2 aliphatic rings. The first-order valence-electron chi connectivity index (χ1n) is 6.26. The van der Waals surface area contributed by atoms with Crippen LogP contribution in [0.4, 0.5) is 0 Å². The lowest BCUT2D eigenvalue weighted by Gasteiger charge is -2.31. The lowest BCUT2D eigenvalue weighted by molar-refractivity contribution is 0.268. The predicted molar refractivity (Wildman–Crippen MR) is 66.7 cm³/mol. The van der Waals surface area contributed by atoms with Crippen molar-refractivity contribution < 1.29 is 0 Å². The molecule has 2 atom stereocenters. The monoisotopic (exact) mass is 216 g/mol. The first kappa shape index (κ1) is 10.3. The van der Waals surface area contributed by atoms with Gasteiger partial charge in [0.25, 0.3) is 0 Å². The van der Waals surface area contributed by atoms with Gasteiger partial charge in [-0.15, -0.1) is 0 Å². The highest BCUT2D eigenvalue weighted by Crippen LogP contribution is 2.32. The van der Waals surface area contributed by atoms with Crippen molar-refractivity contribution in [2.75, 3.05) is 20.6 Å². The number of nitrogens with one attached hydrogen (secondary N) is 1. The molecule has 2 nitrogen and oxygen atoms in total. The second kappa shape index (κ2) is 3.86. The van der Waals surface area contributed by atoms with Crippen LogP contribution in [-0.2, 0) is 12.8 Å². The van der Waals surface area contributed by atoms with Gasteiger partial charge in [0.1, 0.15) is 0 Å². The van der Waals surface area contributed by atoms with E-state index in [4.69, 9.17) is 0 Å². The molecule has 0 bridgehead atoms. The summed E-state index contributed by atoms with van der Waals surface area (Å²) in [7, 11) is 4.39. The van der Waals surface area contributed by atoms with Crippen molar-refractivity contribution in [2.45, 2.75) is 31.3 Å². The molecule has 0 radical (unpaired) electrons. The highest BCUT2D eigenvalue weighted by atomic mass is 15.1. The second-order valence-electron chi connectivity index (χ2n) is 5.31. The fourth-order valence-corrected chi connectivity index (χ4v) is 2.86. The molecular formula is C14H20N2. The van der Waals surface area contributed by atoms with Crippen LogP contribution in [0.5, 0.6) is 0 Å². The summed E-state index contributed by atoms with van der Waals surface area (Å²) in [5, 5.41) is 3.42. The molecule has 1 fully saturated rings. The van der Waals surface area contributed by atoms with Crippen molar-refractivity contribution in [3.05, 3.63) is 34.9 Å². The molecule has 0 saturated carbocycles. The minimum Gasteiger partial charge on any atom is -0.307 e. The Morgan fingerprint density at radius 1 is 1.31 bits per heavy atom. The van der Waals surface area contributed by atoms with Gasteiger partial charge in [0.2, 0.25) is 0 Å². The van der Waals surface area contributed by atoms with Crippen LogP contribution < -0.4 is 5.32 Å². The summed E-state index contributed by atoms with van der Waals surface area (Å²) in [5.74, 6) is 0. The Kier molecular flexibility index (Phi) is 2.49. The van der Waals surface area contributed by atoms with E-state index in [2.05, 4.69) is 42.5 Å². The zero-order valence-corrected chi connectivity index (χ0v) is 10.2. The molecule has 1 aromatic rings. The van der Waals surface area contributed by atoms with Gasteiger partial charge in [-0.05, 0) is 50.0 Å². The number of fused-ring (bicyclic) bond motifs is 1. The van der Waals surface area contributed by atoms with Crippen LogP contribution in [-0.4, -0.2) is 31.6 Å². The zero-order chi connectivity index (χ0) is 11.1. The van der Waals surface area contributed by atoms with Crippen LogP contribution in [0.2, 0.25) is 0 Å². The van der Waals surface area contributed by atoms with Gasteiger partial charge in [0.15, 0.2) is 0 Å². The Morgan fingerprint density at radius 2 is 2.12 bits per heavy atom. The number of hydrogen-bond acceptors (Lipinski definition) is 2. The molecule has 3 rings (SSSR count). The highest BCUT2D eigenvalue weighted by Gasteiger charge is 2.28. The molecule has 16 heavy (non-hydrogen) atoms. The summed E-state index contributed by atoms with van der Waals surface area (Å²) in [4.78, 5) is 2.37. The van der Waals surface area contributed by atoms with Gasteiger partial charge in [-0.1, -0.05) is 18.2 Å². The molecular weight excluding hydrogens is 196 g/mol. The van der Waals surface area contributed by atoms with E-state index in [1.807, 2.05) is 0 Å². The molecule has 1 aliphatic heterocycles. The molecule has 1 N–H and O–H groups in total. The second-order valence-corrected chi connectivity index (χ2v) is 5.31. The SMILES string of the molecule is CN(C)C1CCc2c(cccc2C2CN2)C1. The van der Waals surface area contributed by atoms with Crippen molar-refractivity contribution in [1.82, 2.24) is 10.2 Å². The van der Waals surface area contributed by atoms with Crippen molar-refractivity contribution in [1.29, 1.82) is 0 Å². The lowest BCUT2D eigenvalue weighted by Crippen LogP contribution is -2.33. The van der Waals surface area contributed by atoms with Crippen LogP contribution in [0, 0.1) is 0 Å². The maximum atomic E-state index is 3.42. The Labute approximate surface area is 97.6 Å². The summed E-state index contributed by atoms with van der Waals surface area (Å²) in [6.45, 7) is 1.17. The molecule has 2 unspecified atom stereocenters. The van der Waals surface area contributed by atoms with E-state index >= 15 is 0 Å². The Morgan fingerprint density at radius 3 is 2.81 bits per heavy atom. The molecule has 0 amide bonds. The largest absolute Gasteiger partial charge is 0.307 e. The van der Waals surface area contributed by atoms with Crippen molar-refractivity contribution >= 4 is 0 Å². The molecule has 1 heterocycles. The molecule has 1 saturated heterocycles. The summed E-state index contributed by atoms with van der Waals surface area (Å²) in [6.07, 6.45) is 3.79. The Hall–Kier alpha value is -0.860. The quantitative estimate of drug-likeness (QED) is 0.762. The minimum atomic E-state index is 0.658.